The molecule has 1 unspecified atom stereocenters. The molecule has 4 heteroatoms. The van der Waals surface area contributed by atoms with E-state index in [1.165, 1.54) is 6.42 Å². The summed E-state index contributed by atoms with van der Waals surface area (Å²) in [4.78, 5) is 13.9. The topological polar surface area (TPSA) is 41.6 Å². The van der Waals surface area contributed by atoms with Crippen molar-refractivity contribution in [3.05, 3.63) is 0 Å². The van der Waals surface area contributed by atoms with Crippen LogP contribution in [0.15, 0.2) is 0 Å². The number of hydrogen-bond acceptors (Lipinski definition) is 3. The highest BCUT2D eigenvalue weighted by Crippen LogP contribution is 2.29. The SMILES string of the molecule is CCNCC1(C)CCCN(C(=O)OC(C)(C)C)C1. The molecule has 0 aromatic heterocycles. The Morgan fingerprint density at radius 2 is 2.11 bits per heavy atom. The number of nitrogens with zero attached hydrogens (tertiary/aromatic N) is 1. The number of likely N-dealkylation sites (tertiary alicyclic amines) is 1. The van der Waals surface area contributed by atoms with Gasteiger partial charge in [-0.3, -0.25) is 0 Å². The van der Waals surface area contributed by atoms with E-state index in [1.807, 2.05) is 25.7 Å². The lowest BCUT2D eigenvalue weighted by Crippen LogP contribution is -2.50. The van der Waals surface area contributed by atoms with Gasteiger partial charge in [-0.25, -0.2) is 4.79 Å². The fourth-order valence-electron chi connectivity index (χ4n) is 2.37. The van der Waals surface area contributed by atoms with E-state index in [4.69, 9.17) is 4.74 Å². The van der Waals surface area contributed by atoms with Crippen LogP contribution in [-0.4, -0.2) is 42.8 Å². The van der Waals surface area contributed by atoms with Gasteiger partial charge >= 0.3 is 6.09 Å². The third-order valence-electron chi connectivity index (χ3n) is 3.23. The van der Waals surface area contributed by atoms with E-state index in [-0.39, 0.29) is 11.5 Å². The summed E-state index contributed by atoms with van der Waals surface area (Å²) in [6, 6.07) is 0. The largest absolute Gasteiger partial charge is 0.444 e. The molecule has 106 valence electrons. The molecule has 18 heavy (non-hydrogen) atoms. The van der Waals surface area contributed by atoms with Gasteiger partial charge in [0.05, 0.1) is 0 Å². The summed E-state index contributed by atoms with van der Waals surface area (Å²) in [5, 5.41) is 3.39. The van der Waals surface area contributed by atoms with Gasteiger partial charge in [-0.05, 0) is 45.6 Å². The number of carbonyl (C=O) groups is 1. The van der Waals surface area contributed by atoms with Gasteiger partial charge in [-0.2, -0.15) is 0 Å². The number of amides is 1. The molecule has 1 saturated heterocycles. The molecule has 0 aromatic rings. The van der Waals surface area contributed by atoms with Crippen molar-refractivity contribution in [2.75, 3.05) is 26.2 Å². The van der Waals surface area contributed by atoms with Gasteiger partial charge in [0.1, 0.15) is 5.60 Å². The average molecular weight is 256 g/mol. The summed E-state index contributed by atoms with van der Waals surface area (Å²) in [5.74, 6) is 0. The highest BCUT2D eigenvalue weighted by molar-refractivity contribution is 5.68. The predicted octanol–water partition coefficient (Wildman–Crippen LogP) is 2.63. The zero-order valence-electron chi connectivity index (χ0n) is 12.5. The lowest BCUT2D eigenvalue weighted by atomic mass is 9.82. The van der Waals surface area contributed by atoms with Crippen LogP contribution in [0.4, 0.5) is 4.79 Å². The number of carbonyl (C=O) groups excluding carboxylic acids is 1. The second-order valence-corrected chi connectivity index (χ2v) is 6.60. The minimum atomic E-state index is -0.410. The summed E-state index contributed by atoms with van der Waals surface area (Å²) in [5.41, 5.74) is -0.238. The summed E-state index contributed by atoms with van der Waals surface area (Å²) in [7, 11) is 0. The van der Waals surface area contributed by atoms with E-state index in [0.717, 1.165) is 32.6 Å². The Labute approximate surface area is 111 Å². The first-order valence-corrected chi connectivity index (χ1v) is 6.94. The minimum absolute atomic E-state index is 0.172. The number of piperidine rings is 1. The van der Waals surface area contributed by atoms with E-state index in [1.54, 1.807) is 0 Å². The number of hydrogen-bond donors (Lipinski definition) is 1. The van der Waals surface area contributed by atoms with Gasteiger partial charge in [0.15, 0.2) is 0 Å². The summed E-state index contributed by atoms with van der Waals surface area (Å²) >= 11 is 0. The molecule has 4 nitrogen and oxygen atoms in total. The van der Waals surface area contributed by atoms with Crippen LogP contribution in [0, 0.1) is 5.41 Å². The lowest BCUT2D eigenvalue weighted by Gasteiger charge is -2.41. The van der Waals surface area contributed by atoms with E-state index in [9.17, 15) is 4.79 Å². The minimum Gasteiger partial charge on any atom is -0.444 e. The predicted molar refractivity (Wildman–Crippen MR) is 73.7 cm³/mol. The van der Waals surface area contributed by atoms with E-state index < -0.39 is 5.60 Å². The molecular weight excluding hydrogens is 228 g/mol. The molecule has 1 aliphatic rings. The van der Waals surface area contributed by atoms with E-state index in [2.05, 4.69) is 19.2 Å². The van der Waals surface area contributed by atoms with Crippen molar-refractivity contribution in [1.29, 1.82) is 0 Å². The first-order chi connectivity index (χ1) is 8.26. The Bertz CT molecular complexity index is 286. The fraction of sp³-hybridized carbons (Fsp3) is 0.929. The van der Waals surface area contributed by atoms with Crippen molar-refractivity contribution in [2.45, 2.75) is 53.1 Å². The second-order valence-electron chi connectivity index (χ2n) is 6.60. The maximum atomic E-state index is 12.1. The van der Waals surface area contributed by atoms with Crippen LogP contribution in [0.3, 0.4) is 0 Å². The van der Waals surface area contributed by atoms with E-state index >= 15 is 0 Å². The maximum Gasteiger partial charge on any atom is 0.410 e. The Balaban J connectivity index is 2.55. The summed E-state index contributed by atoms with van der Waals surface area (Å²) in [6.07, 6.45) is 2.05. The van der Waals surface area contributed by atoms with Crippen molar-refractivity contribution in [3.8, 4) is 0 Å². The molecule has 1 amide bonds. The van der Waals surface area contributed by atoms with Crippen LogP contribution in [0.2, 0.25) is 0 Å². The standard InChI is InChI=1S/C14H28N2O2/c1-6-15-10-14(5)8-7-9-16(11-14)12(17)18-13(2,3)4/h15H,6-11H2,1-5H3. The lowest BCUT2D eigenvalue weighted by molar-refractivity contribution is 0.00687. The quantitative estimate of drug-likeness (QED) is 0.844. The van der Waals surface area contributed by atoms with Gasteiger partial charge in [0, 0.05) is 19.6 Å². The average Bonchev–Trinajstić information content (AvgIpc) is 2.24. The smallest absolute Gasteiger partial charge is 0.410 e. The van der Waals surface area contributed by atoms with Gasteiger partial charge < -0.3 is 15.0 Å². The molecule has 0 saturated carbocycles. The Morgan fingerprint density at radius 1 is 1.44 bits per heavy atom. The van der Waals surface area contributed by atoms with Crippen LogP contribution < -0.4 is 5.32 Å². The zero-order valence-corrected chi connectivity index (χ0v) is 12.5. The molecule has 0 bridgehead atoms. The molecule has 0 spiro atoms. The Hall–Kier alpha value is -0.770. The first-order valence-electron chi connectivity index (χ1n) is 6.94. The number of rotatable bonds is 3. The molecule has 0 aromatic carbocycles. The van der Waals surface area contributed by atoms with Crippen molar-refractivity contribution in [2.24, 2.45) is 5.41 Å². The molecule has 1 aliphatic heterocycles. The van der Waals surface area contributed by atoms with Crippen molar-refractivity contribution in [3.63, 3.8) is 0 Å². The highest BCUT2D eigenvalue weighted by atomic mass is 16.6. The maximum absolute atomic E-state index is 12.1. The molecule has 1 heterocycles. The van der Waals surface area contributed by atoms with Crippen molar-refractivity contribution >= 4 is 6.09 Å². The normalized spacial score (nSPS) is 25.1. The molecular formula is C14H28N2O2. The van der Waals surface area contributed by atoms with Crippen molar-refractivity contribution < 1.29 is 9.53 Å². The molecule has 1 fully saturated rings. The van der Waals surface area contributed by atoms with Crippen LogP contribution >= 0.6 is 0 Å². The summed E-state index contributed by atoms with van der Waals surface area (Å²) < 4.78 is 5.44. The summed E-state index contributed by atoms with van der Waals surface area (Å²) in [6.45, 7) is 13.6. The van der Waals surface area contributed by atoms with Crippen LogP contribution in [0.25, 0.3) is 0 Å². The highest BCUT2D eigenvalue weighted by Gasteiger charge is 2.34. The zero-order chi connectivity index (χ0) is 13.8. The third kappa shape index (κ3) is 4.84. The van der Waals surface area contributed by atoms with Gasteiger partial charge in [0.25, 0.3) is 0 Å². The van der Waals surface area contributed by atoms with Crippen LogP contribution in [-0.2, 0) is 4.74 Å². The molecule has 1 atom stereocenters. The first kappa shape index (κ1) is 15.3. The molecule has 0 radical (unpaired) electrons. The van der Waals surface area contributed by atoms with Crippen LogP contribution in [0.1, 0.15) is 47.5 Å². The monoisotopic (exact) mass is 256 g/mol. The number of ether oxygens (including phenoxy) is 1. The van der Waals surface area contributed by atoms with Crippen LogP contribution in [0.5, 0.6) is 0 Å². The van der Waals surface area contributed by atoms with Gasteiger partial charge in [0.2, 0.25) is 0 Å². The third-order valence-corrected chi connectivity index (χ3v) is 3.23. The van der Waals surface area contributed by atoms with Crippen molar-refractivity contribution in [1.82, 2.24) is 10.2 Å². The van der Waals surface area contributed by atoms with Gasteiger partial charge in [-0.15, -0.1) is 0 Å². The Morgan fingerprint density at radius 3 is 2.67 bits per heavy atom. The van der Waals surface area contributed by atoms with E-state index in [0.29, 0.717) is 0 Å². The number of nitrogens with one attached hydrogen (secondary N) is 1. The second kappa shape index (κ2) is 5.91. The molecule has 1 N–H and O–H groups in total. The molecule has 0 aliphatic carbocycles. The Kier molecular flexibility index (Phi) is 5.02. The fourth-order valence-corrected chi connectivity index (χ4v) is 2.37. The molecule has 1 rings (SSSR count). The van der Waals surface area contributed by atoms with Gasteiger partial charge in [-0.1, -0.05) is 13.8 Å².